The molecule has 1 aliphatic heterocycles. The van der Waals surface area contributed by atoms with Gasteiger partial charge in [-0.3, -0.25) is 0 Å². The summed E-state index contributed by atoms with van der Waals surface area (Å²) in [5.74, 6) is 0. The summed E-state index contributed by atoms with van der Waals surface area (Å²) in [5, 5.41) is 0. The number of fused-ring (bicyclic) bond motifs is 1. The van der Waals surface area contributed by atoms with Gasteiger partial charge >= 0.3 is 0 Å². The summed E-state index contributed by atoms with van der Waals surface area (Å²) in [7, 11) is 0. The van der Waals surface area contributed by atoms with Crippen molar-refractivity contribution < 1.29 is 8.78 Å². The van der Waals surface area contributed by atoms with Gasteiger partial charge in [0.15, 0.2) is 0 Å². The average molecular weight is 262 g/mol. The molecular formula is C10H10BrF2N. The second kappa shape index (κ2) is 3.95. The fourth-order valence-corrected chi connectivity index (χ4v) is 2.12. The van der Waals surface area contributed by atoms with Crippen LogP contribution in [0.3, 0.4) is 0 Å². The van der Waals surface area contributed by atoms with Crippen LogP contribution in [0.5, 0.6) is 0 Å². The number of benzene rings is 1. The Kier molecular flexibility index (Phi) is 2.83. The summed E-state index contributed by atoms with van der Waals surface area (Å²) >= 11 is 3.37. The van der Waals surface area contributed by atoms with Crippen molar-refractivity contribution >= 4 is 15.9 Å². The lowest BCUT2D eigenvalue weighted by atomic mass is 10.0. The van der Waals surface area contributed by atoms with E-state index in [2.05, 4.69) is 15.9 Å². The van der Waals surface area contributed by atoms with E-state index >= 15 is 0 Å². The number of nitrogens with zero attached hydrogens (tertiary/aromatic N) is 1. The smallest absolute Gasteiger partial charge is 0.243 e. The number of halogens is 3. The lowest BCUT2D eigenvalue weighted by Crippen LogP contribution is -2.34. The van der Waals surface area contributed by atoms with Crippen molar-refractivity contribution in [3.63, 3.8) is 0 Å². The Bertz CT molecular complexity index is 341. The first-order valence-electron chi connectivity index (χ1n) is 4.46. The molecule has 0 aromatic heterocycles. The number of rotatable bonds is 1. The molecule has 4 heteroatoms. The van der Waals surface area contributed by atoms with E-state index < -0.39 is 6.55 Å². The quantitative estimate of drug-likeness (QED) is 0.703. The van der Waals surface area contributed by atoms with E-state index in [9.17, 15) is 8.78 Å². The van der Waals surface area contributed by atoms with E-state index in [0.717, 1.165) is 10.0 Å². The highest BCUT2D eigenvalue weighted by Gasteiger charge is 2.22. The third kappa shape index (κ3) is 1.96. The lowest BCUT2D eigenvalue weighted by molar-refractivity contribution is -0.0355. The summed E-state index contributed by atoms with van der Waals surface area (Å²) in [4.78, 5) is 1.19. The van der Waals surface area contributed by atoms with Gasteiger partial charge < -0.3 is 0 Å². The highest BCUT2D eigenvalue weighted by Crippen LogP contribution is 2.24. The van der Waals surface area contributed by atoms with E-state index in [1.165, 1.54) is 10.5 Å². The SMILES string of the molecule is FC(F)N1CCc2cc(Br)ccc2C1. The molecule has 2 rings (SSSR count). The minimum absolute atomic E-state index is 0.361. The van der Waals surface area contributed by atoms with Crippen molar-refractivity contribution in [2.45, 2.75) is 19.5 Å². The maximum Gasteiger partial charge on any atom is 0.295 e. The molecule has 0 aliphatic carbocycles. The Hall–Kier alpha value is -0.480. The predicted octanol–water partition coefficient (Wildman–Crippen LogP) is 3.03. The van der Waals surface area contributed by atoms with Gasteiger partial charge in [-0.1, -0.05) is 22.0 Å². The van der Waals surface area contributed by atoms with E-state index in [-0.39, 0.29) is 0 Å². The molecule has 1 aliphatic rings. The third-order valence-corrected chi connectivity index (χ3v) is 2.98. The molecule has 1 aromatic rings. The van der Waals surface area contributed by atoms with Crippen LogP contribution < -0.4 is 0 Å². The molecule has 1 heterocycles. The molecule has 1 aromatic carbocycles. The van der Waals surface area contributed by atoms with Crippen molar-refractivity contribution in [2.24, 2.45) is 0 Å². The van der Waals surface area contributed by atoms with Crippen molar-refractivity contribution in [1.29, 1.82) is 0 Å². The van der Waals surface area contributed by atoms with Gasteiger partial charge in [0.25, 0.3) is 6.55 Å². The fraction of sp³-hybridized carbons (Fsp3) is 0.400. The van der Waals surface area contributed by atoms with Gasteiger partial charge in [0.05, 0.1) is 0 Å². The Labute approximate surface area is 89.8 Å². The van der Waals surface area contributed by atoms with E-state index in [1.807, 2.05) is 18.2 Å². The summed E-state index contributed by atoms with van der Waals surface area (Å²) in [6.07, 6.45) is 0.707. The summed E-state index contributed by atoms with van der Waals surface area (Å²) in [6, 6.07) is 5.82. The molecule has 0 N–H and O–H groups in total. The Morgan fingerprint density at radius 1 is 1.29 bits per heavy atom. The summed E-state index contributed by atoms with van der Waals surface area (Å²) < 4.78 is 25.8. The van der Waals surface area contributed by atoms with Gasteiger partial charge in [-0.05, 0) is 29.7 Å². The largest absolute Gasteiger partial charge is 0.295 e. The van der Waals surface area contributed by atoms with Crippen LogP contribution in [0.2, 0.25) is 0 Å². The second-order valence-corrected chi connectivity index (χ2v) is 4.33. The van der Waals surface area contributed by atoms with E-state index in [4.69, 9.17) is 0 Å². The molecule has 0 radical (unpaired) electrons. The predicted molar refractivity (Wildman–Crippen MR) is 54.3 cm³/mol. The Balaban J connectivity index is 2.23. The van der Waals surface area contributed by atoms with Crippen LogP contribution in [-0.4, -0.2) is 18.0 Å². The Morgan fingerprint density at radius 3 is 2.79 bits per heavy atom. The molecule has 1 nitrogen and oxygen atoms in total. The lowest BCUT2D eigenvalue weighted by Gasteiger charge is -2.27. The van der Waals surface area contributed by atoms with Gasteiger partial charge in [-0.25, -0.2) is 4.90 Å². The number of hydrogen-bond donors (Lipinski definition) is 0. The zero-order valence-electron chi connectivity index (χ0n) is 7.51. The van der Waals surface area contributed by atoms with Crippen LogP contribution in [0.15, 0.2) is 22.7 Å². The van der Waals surface area contributed by atoms with Crippen LogP contribution in [0, 0.1) is 0 Å². The van der Waals surface area contributed by atoms with Gasteiger partial charge in [-0.15, -0.1) is 0 Å². The average Bonchev–Trinajstić information content (AvgIpc) is 2.16. The molecule has 0 spiro atoms. The van der Waals surface area contributed by atoms with Crippen molar-refractivity contribution in [2.75, 3.05) is 6.54 Å². The first kappa shape index (κ1) is 10.1. The molecule has 0 atom stereocenters. The monoisotopic (exact) mass is 261 g/mol. The first-order chi connectivity index (χ1) is 6.66. The minimum Gasteiger partial charge on any atom is -0.243 e. The van der Waals surface area contributed by atoms with Crippen LogP contribution in [0.25, 0.3) is 0 Å². The van der Waals surface area contributed by atoms with E-state index in [0.29, 0.717) is 19.5 Å². The van der Waals surface area contributed by atoms with Crippen molar-refractivity contribution in [3.8, 4) is 0 Å². The molecule has 0 saturated carbocycles. The highest BCUT2D eigenvalue weighted by molar-refractivity contribution is 9.10. The van der Waals surface area contributed by atoms with Crippen LogP contribution in [-0.2, 0) is 13.0 Å². The maximum atomic E-state index is 12.4. The number of alkyl halides is 2. The molecular weight excluding hydrogens is 252 g/mol. The maximum absolute atomic E-state index is 12.4. The molecule has 0 saturated heterocycles. The highest BCUT2D eigenvalue weighted by atomic mass is 79.9. The summed E-state index contributed by atoms with van der Waals surface area (Å²) in [6.45, 7) is -1.53. The molecule has 0 fully saturated rings. The van der Waals surface area contributed by atoms with Crippen molar-refractivity contribution in [1.82, 2.24) is 4.90 Å². The normalized spacial score (nSPS) is 17.1. The Morgan fingerprint density at radius 2 is 2.07 bits per heavy atom. The summed E-state index contributed by atoms with van der Waals surface area (Å²) in [5.41, 5.74) is 2.19. The molecule has 0 amide bonds. The minimum atomic E-state index is -2.34. The van der Waals surface area contributed by atoms with E-state index in [1.54, 1.807) is 0 Å². The fourth-order valence-electron chi connectivity index (χ4n) is 1.71. The van der Waals surface area contributed by atoms with Gasteiger partial charge in [0.2, 0.25) is 0 Å². The first-order valence-corrected chi connectivity index (χ1v) is 5.25. The standard InChI is InChI=1S/C10H10BrF2N/c11-9-2-1-8-6-14(10(12)13)4-3-7(8)5-9/h1-2,5,10H,3-4,6H2. The van der Waals surface area contributed by atoms with Crippen molar-refractivity contribution in [3.05, 3.63) is 33.8 Å². The zero-order chi connectivity index (χ0) is 10.1. The van der Waals surface area contributed by atoms with Crippen LogP contribution in [0.4, 0.5) is 8.78 Å². The molecule has 0 unspecified atom stereocenters. The molecule has 0 bridgehead atoms. The molecule has 14 heavy (non-hydrogen) atoms. The third-order valence-electron chi connectivity index (χ3n) is 2.49. The van der Waals surface area contributed by atoms with Crippen LogP contribution in [0.1, 0.15) is 11.1 Å². The zero-order valence-corrected chi connectivity index (χ0v) is 9.10. The van der Waals surface area contributed by atoms with Gasteiger partial charge in [0.1, 0.15) is 0 Å². The van der Waals surface area contributed by atoms with Gasteiger partial charge in [-0.2, -0.15) is 8.78 Å². The van der Waals surface area contributed by atoms with Gasteiger partial charge in [0, 0.05) is 17.6 Å². The van der Waals surface area contributed by atoms with Crippen LogP contribution >= 0.6 is 15.9 Å². The number of hydrogen-bond acceptors (Lipinski definition) is 1. The molecule has 76 valence electrons. The second-order valence-electron chi connectivity index (χ2n) is 3.41. The topological polar surface area (TPSA) is 3.24 Å².